The van der Waals surface area contributed by atoms with Crippen LogP contribution in [0.5, 0.6) is 0 Å². The lowest BCUT2D eigenvalue weighted by molar-refractivity contribution is 0.252. The van der Waals surface area contributed by atoms with Crippen LogP contribution >= 0.6 is 0 Å². The van der Waals surface area contributed by atoms with Gasteiger partial charge in [0.15, 0.2) is 0 Å². The molecule has 0 saturated carbocycles. The number of nitrogens with one attached hydrogen (secondary N) is 2. The summed E-state index contributed by atoms with van der Waals surface area (Å²) in [6.07, 6.45) is 1.66. The summed E-state index contributed by atoms with van der Waals surface area (Å²) in [5, 5.41) is 9.95. The van der Waals surface area contributed by atoms with Crippen LogP contribution in [0.4, 0.5) is 10.5 Å². The zero-order valence-electron chi connectivity index (χ0n) is 12.9. The molecule has 0 aliphatic rings. The first-order chi connectivity index (χ1) is 11.2. The van der Waals surface area contributed by atoms with Crippen LogP contribution in [0.15, 0.2) is 66.9 Å². The van der Waals surface area contributed by atoms with Gasteiger partial charge in [0.1, 0.15) is 0 Å². The molecule has 0 aliphatic heterocycles. The van der Waals surface area contributed by atoms with Crippen molar-refractivity contribution in [3.63, 3.8) is 0 Å². The summed E-state index contributed by atoms with van der Waals surface area (Å²) in [5.41, 5.74) is 3.62. The third-order valence-electron chi connectivity index (χ3n) is 3.53. The fourth-order valence-corrected chi connectivity index (χ4v) is 2.41. The van der Waals surface area contributed by atoms with Gasteiger partial charge < -0.3 is 10.6 Å². The van der Waals surface area contributed by atoms with Gasteiger partial charge in [-0.25, -0.2) is 4.79 Å². The van der Waals surface area contributed by atoms with Crippen LogP contribution in [-0.2, 0) is 13.6 Å². The number of aromatic nitrogens is 2. The summed E-state index contributed by atoms with van der Waals surface area (Å²) in [6, 6.07) is 19.4. The number of nitrogens with zero attached hydrogens (tertiary/aromatic N) is 2. The van der Waals surface area contributed by atoms with Gasteiger partial charge in [-0.1, -0.05) is 60.7 Å². The molecule has 0 atom stereocenters. The Bertz CT molecular complexity index is 781. The quantitative estimate of drug-likeness (QED) is 0.776. The van der Waals surface area contributed by atoms with Crippen molar-refractivity contribution in [3.05, 3.63) is 72.4 Å². The highest BCUT2D eigenvalue weighted by Gasteiger charge is 2.13. The molecule has 0 radical (unpaired) electrons. The summed E-state index contributed by atoms with van der Waals surface area (Å²) >= 11 is 0. The Hall–Kier alpha value is -3.08. The number of amides is 2. The molecule has 2 aromatic carbocycles. The lowest BCUT2D eigenvalue weighted by Gasteiger charge is -2.09. The monoisotopic (exact) mass is 306 g/mol. The zero-order chi connectivity index (χ0) is 16.1. The van der Waals surface area contributed by atoms with Gasteiger partial charge in [0, 0.05) is 19.2 Å². The van der Waals surface area contributed by atoms with Gasteiger partial charge in [0.05, 0.1) is 17.6 Å². The van der Waals surface area contributed by atoms with Crippen LogP contribution in [0.2, 0.25) is 0 Å². The summed E-state index contributed by atoms with van der Waals surface area (Å²) in [6.45, 7) is 0.480. The third kappa shape index (κ3) is 3.58. The molecule has 1 aromatic heterocycles. The van der Waals surface area contributed by atoms with Crippen molar-refractivity contribution in [1.29, 1.82) is 0 Å². The van der Waals surface area contributed by atoms with E-state index in [2.05, 4.69) is 15.7 Å². The zero-order valence-corrected chi connectivity index (χ0v) is 12.9. The van der Waals surface area contributed by atoms with E-state index in [9.17, 15) is 4.79 Å². The molecule has 0 bridgehead atoms. The second-order valence-corrected chi connectivity index (χ2v) is 5.19. The summed E-state index contributed by atoms with van der Waals surface area (Å²) in [7, 11) is 1.86. The van der Waals surface area contributed by atoms with E-state index in [0.29, 0.717) is 12.2 Å². The molecule has 3 aromatic rings. The Morgan fingerprint density at radius 3 is 2.39 bits per heavy atom. The van der Waals surface area contributed by atoms with E-state index in [1.165, 1.54) is 0 Å². The first kappa shape index (κ1) is 14.8. The standard InChI is InChI=1S/C18H18N4O/c1-22-17(15-10-6-3-7-11-15)16(13-20-22)21-18(23)19-12-14-8-4-2-5-9-14/h2-11,13H,12H2,1H3,(H2,19,21,23). The average molecular weight is 306 g/mol. The summed E-state index contributed by atoms with van der Waals surface area (Å²) in [5.74, 6) is 0. The molecule has 0 spiro atoms. The van der Waals surface area contributed by atoms with Crippen LogP contribution in [0.25, 0.3) is 11.3 Å². The van der Waals surface area contributed by atoms with E-state index in [4.69, 9.17) is 0 Å². The van der Waals surface area contributed by atoms with Crippen molar-refractivity contribution in [2.45, 2.75) is 6.54 Å². The highest BCUT2D eigenvalue weighted by molar-refractivity contribution is 5.93. The minimum atomic E-state index is -0.251. The molecule has 2 N–H and O–H groups in total. The van der Waals surface area contributed by atoms with Crippen molar-refractivity contribution >= 4 is 11.7 Å². The fourth-order valence-electron chi connectivity index (χ4n) is 2.41. The maximum absolute atomic E-state index is 12.1. The Labute approximate surface area is 135 Å². The van der Waals surface area contributed by atoms with Crippen molar-refractivity contribution in [2.75, 3.05) is 5.32 Å². The minimum Gasteiger partial charge on any atom is -0.334 e. The maximum atomic E-state index is 12.1. The highest BCUT2D eigenvalue weighted by atomic mass is 16.2. The molecule has 0 saturated heterocycles. The van der Waals surface area contributed by atoms with Crippen molar-refractivity contribution in [2.24, 2.45) is 7.05 Å². The number of rotatable bonds is 4. The molecule has 0 fully saturated rings. The van der Waals surface area contributed by atoms with Crippen LogP contribution in [-0.4, -0.2) is 15.8 Å². The molecule has 5 heteroatoms. The van der Waals surface area contributed by atoms with E-state index in [1.54, 1.807) is 10.9 Å². The van der Waals surface area contributed by atoms with Gasteiger partial charge in [-0.3, -0.25) is 4.68 Å². The Balaban J connectivity index is 1.70. The fraction of sp³-hybridized carbons (Fsp3) is 0.111. The van der Waals surface area contributed by atoms with Crippen molar-refractivity contribution in [1.82, 2.24) is 15.1 Å². The second-order valence-electron chi connectivity index (χ2n) is 5.19. The number of aryl methyl sites for hydroxylation is 1. The highest BCUT2D eigenvalue weighted by Crippen LogP contribution is 2.26. The normalized spacial score (nSPS) is 10.3. The maximum Gasteiger partial charge on any atom is 0.319 e. The second kappa shape index (κ2) is 6.79. The van der Waals surface area contributed by atoms with Gasteiger partial charge in [-0.2, -0.15) is 5.10 Å². The van der Waals surface area contributed by atoms with Crippen LogP contribution < -0.4 is 10.6 Å². The topological polar surface area (TPSA) is 59.0 Å². The van der Waals surface area contributed by atoms with E-state index in [0.717, 1.165) is 16.8 Å². The molecule has 5 nitrogen and oxygen atoms in total. The van der Waals surface area contributed by atoms with Gasteiger partial charge in [-0.05, 0) is 5.56 Å². The summed E-state index contributed by atoms with van der Waals surface area (Å²) < 4.78 is 1.75. The number of carbonyl (C=O) groups is 1. The Morgan fingerprint density at radius 2 is 1.70 bits per heavy atom. The third-order valence-corrected chi connectivity index (χ3v) is 3.53. The number of anilines is 1. The smallest absolute Gasteiger partial charge is 0.319 e. The molecule has 0 unspecified atom stereocenters. The van der Waals surface area contributed by atoms with Crippen molar-refractivity contribution < 1.29 is 4.79 Å². The molecule has 2 amide bonds. The largest absolute Gasteiger partial charge is 0.334 e. The van der Waals surface area contributed by atoms with Crippen LogP contribution in [0, 0.1) is 0 Å². The Kier molecular flexibility index (Phi) is 4.38. The predicted molar refractivity (Wildman–Crippen MR) is 90.9 cm³/mol. The minimum absolute atomic E-state index is 0.251. The molecular weight excluding hydrogens is 288 g/mol. The molecule has 1 heterocycles. The van der Waals surface area contributed by atoms with E-state index in [-0.39, 0.29) is 6.03 Å². The molecule has 116 valence electrons. The lowest BCUT2D eigenvalue weighted by Crippen LogP contribution is -2.28. The first-order valence-electron chi connectivity index (χ1n) is 7.40. The number of hydrogen-bond acceptors (Lipinski definition) is 2. The average Bonchev–Trinajstić information content (AvgIpc) is 2.95. The Morgan fingerprint density at radius 1 is 1.04 bits per heavy atom. The summed E-state index contributed by atoms with van der Waals surface area (Å²) in [4.78, 5) is 12.1. The van der Waals surface area contributed by atoms with Gasteiger partial charge in [0.25, 0.3) is 0 Å². The van der Waals surface area contributed by atoms with Crippen LogP contribution in [0.3, 0.4) is 0 Å². The lowest BCUT2D eigenvalue weighted by atomic mass is 10.1. The van der Waals surface area contributed by atoms with E-state index < -0.39 is 0 Å². The number of hydrogen-bond donors (Lipinski definition) is 2. The first-order valence-corrected chi connectivity index (χ1v) is 7.40. The van der Waals surface area contributed by atoms with Gasteiger partial charge >= 0.3 is 6.03 Å². The molecular formula is C18H18N4O. The number of urea groups is 1. The van der Waals surface area contributed by atoms with Gasteiger partial charge in [0.2, 0.25) is 0 Å². The molecule has 23 heavy (non-hydrogen) atoms. The van der Waals surface area contributed by atoms with Crippen LogP contribution in [0.1, 0.15) is 5.56 Å². The SMILES string of the molecule is Cn1ncc(NC(=O)NCc2ccccc2)c1-c1ccccc1. The number of benzene rings is 2. The predicted octanol–water partition coefficient (Wildman–Crippen LogP) is 3.41. The molecule has 3 rings (SSSR count). The van der Waals surface area contributed by atoms with Crippen molar-refractivity contribution in [3.8, 4) is 11.3 Å². The van der Waals surface area contributed by atoms with E-state index in [1.807, 2.05) is 67.7 Å². The van der Waals surface area contributed by atoms with Gasteiger partial charge in [-0.15, -0.1) is 0 Å². The molecule has 0 aliphatic carbocycles. The number of carbonyl (C=O) groups excluding carboxylic acids is 1. The van der Waals surface area contributed by atoms with E-state index >= 15 is 0 Å².